The van der Waals surface area contributed by atoms with Gasteiger partial charge in [0.1, 0.15) is 17.0 Å². The molecular weight excluding hydrogens is 419 g/mol. The fourth-order valence-electron chi connectivity index (χ4n) is 5.08. The van der Waals surface area contributed by atoms with E-state index in [9.17, 15) is 4.39 Å². The highest BCUT2D eigenvalue weighted by Crippen LogP contribution is 2.33. The smallest absolute Gasteiger partial charge is 0.224 e. The summed E-state index contributed by atoms with van der Waals surface area (Å²) in [6.45, 7) is 8.89. The minimum Gasteiger partial charge on any atom is -0.379 e. The van der Waals surface area contributed by atoms with Crippen molar-refractivity contribution in [2.75, 3.05) is 11.9 Å². The van der Waals surface area contributed by atoms with Gasteiger partial charge >= 0.3 is 0 Å². The van der Waals surface area contributed by atoms with E-state index < -0.39 is 0 Å². The molecular formula is C25H31FN6O. The van der Waals surface area contributed by atoms with E-state index in [0.717, 1.165) is 65.8 Å². The largest absolute Gasteiger partial charge is 0.379 e. The van der Waals surface area contributed by atoms with Crippen LogP contribution in [0.5, 0.6) is 0 Å². The maximum Gasteiger partial charge on any atom is 0.224 e. The lowest BCUT2D eigenvalue weighted by Gasteiger charge is -2.28. The predicted molar refractivity (Wildman–Crippen MR) is 129 cm³/mol. The zero-order chi connectivity index (χ0) is 23.1. The van der Waals surface area contributed by atoms with E-state index in [1.807, 2.05) is 32.3 Å². The lowest BCUT2D eigenvalue weighted by atomic mass is 9.93. The molecule has 0 unspecified atom stereocenters. The summed E-state index contributed by atoms with van der Waals surface area (Å²) in [5.74, 6) is 1.11. The number of hydrogen-bond acceptors (Lipinski definition) is 5. The Balaban J connectivity index is 1.42. The van der Waals surface area contributed by atoms with Gasteiger partial charge in [0.25, 0.3) is 0 Å². The number of aryl methyl sites for hydroxylation is 1. The molecule has 0 bridgehead atoms. The predicted octanol–water partition coefficient (Wildman–Crippen LogP) is 5.76. The number of benzene rings is 1. The van der Waals surface area contributed by atoms with Gasteiger partial charge in [-0.25, -0.2) is 14.4 Å². The van der Waals surface area contributed by atoms with Crippen molar-refractivity contribution in [1.29, 1.82) is 0 Å². The monoisotopic (exact) mass is 450 g/mol. The van der Waals surface area contributed by atoms with Crippen LogP contribution in [-0.2, 0) is 4.74 Å². The number of anilines is 1. The van der Waals surface area contributed by atoms with Gasteiger partial charge in [-0.1, -0.05) is 0 Å². The quantitative estimate of drug-likeness (QED) is 0.390. The van der Waals surface area contributed by atoms with Crippen molar-refractivity contribution < 1.29 is 9.13 Å². The summed E-state index contributed by atoms with van der Waals surface area (Å²) in [5, 5.41) is 4.34. The summed E-state index contributed by atoms with van der Waals surface area (Å²) in [4.78, 5) is 16.9. The van der Waals surface area contributed by atoms with E-state index in [1.54, 1.807) is 6.07 Å². The van der Waals surface area contributed by atoms with Crippen molar-refractivity contribution in [2.24, 2.45) is 0 Å². The molecule has 33 heavy (non-hydrogen) atoms. The molecule has 1 aliphatic rings. The number of nitrogens with zero attached hydrogens (tertiary/aromatic N) is 4. The highest BCUT2D eigenvalue weighted by molar-refractivity contribution is 5.96. The number of fused-ring (bicyclic) bond motifs is 2. The van der Waals surface area contributed by atoms with Crippen LogP contribution in [0.3, 0.4) is 0 Å². The third-order valence-corrected chi connectivity index (χ3v) is 6.59. The molecule has 1 fully saturated rings. The number of aromatic amines is 1. The molecule has 1 saturated carbocycles. The van der Waals surface area contributed by atoms with Crippen LogP contribution < -0.4 is 5.32 Å². The van der Waals surface area contributed by atoms with E-state index in [4.69, 9.17) is 4.74 Å². The molecule has 0 aliphatic heterocycles. The number of halogens is 1. The van der Waals surface area contributed by atoms with E-state index in [0.29, 0.717) is 23.6 Å². The Morgan fingerprint density at radius 2 is 2.00 bits per heavy atom. The number of aromatic nitrogens is 5. The van der Waals surface area contributed by atoms with E-state index in [1.165, 1.54) is 0 Å². The molecule has 4 aromatic rings. The molecule has 0 amide bonds. The number of rotatable bonds is 6. The van der Waals surface area contributed by atoms with Crippen LogP contribution in [0.4, 0.5) is 10.3 Å². The van der Waals surface area contributed by atoms with Crippen LogP contribution in [0, 0.1) is 12.7 Å². The summed E-state index contributed by atoms with van der Waals surface area (Å²) in [6, 6.07) is 4.09. The maximum absolute atomic E-state index is 15.0. The summed E-state index contributed by atoms with van der Waals surface area (Å²) < 4.78 is 22.8. The zero-order valence-corrected chi connectivity index (χ0v) is 19.7. The fraction of sp³-hybridized carbons (Fsp3) is 0.480. The molecule has 3 heterocycles. The molecule has 2 N–H and O–H groups in total. The van der Waals surface area contributed by atoms with Crippen molar-refractivity contribution in [3.05, 3.63) is 36.2 Å². The van der Waals surface area contributed by atoms with Crippen LogP contribution in [0.25, 0.3) is 33.2 Å². The highest BCUT2D eigenvalue weighted by atomic mass is 19.1. The normalized spacial score (nSPS) is 19.1. The van der Waals surface area contributed by atoms with Crippen LogP contribution in [0.15, 0.2) is 24.5 Å². The van der Waals surface area contributed by atoms with Gasteiger partial charge in [-0.05, 0) is 71.1 Å². The summed E-state index contributed by atoms with van der Waals surface area (Å²) in [5.41, 5.74) is 3.61. The molecule has 0 spiro atoms. The number of ether oxygens (including phenoxy) is 1. The second-order valence-electron chi connectivity index (χ2n) is 9.18. The van der Waals surface area contributed by atoms with Gasteiger partial charge in [0.15, 0.2) is 5.82 Å². The number of nitrogens with one attached hydrogen (secondary N) is 2. The van der Waals surface area contributed by atoms with E-state index in [-0.39, 0.29) is 11.9 Å². The SMILES string of the molecule is CCOC1CCC(Nc2ncc3c(-c4cc(F)c5nc(C)n(C(C)C)c5c4)c[nH]c3n2)CC1. The minimum absolute atomic E-state index is 0.188. The Labute approximate surface area is 192 Å². The van der Waals surface area contributed by atoms with E-state index in [2.05, 4.69) is 43.7 Å². The van der Waals surface area contributed by atoms with Gasteiger partial charge in [-0.2, -0.15) is 4.98 Å². The Hall–Kier alpha value is -3.00. The lowest BCUT2D eigenvalue weighted by molar-refractivity contribution is 0.0346. The second kappa shape index (κ2) is 8.74. The van der Waals surface area contributed by atoms with Crippen molar-refractivity contribution in [3.63, 3.8) is 0 Å². The molecule has 1 aromatic carbocycles. The Morgan fingerprint density at radius 1 is 1.21 bits per heavy atom. The first-order chi connectivity index (χ1) is 15.9. The Kier molecular flexibility index (Phi) is 5.78. The number of imidazole rings is 1. The minimum atomic E-state index is -0.318. The van der Waals surface area contributed by atoms with Gasteiger partial charge < -0.3 is 19.6 Å². The van der Waals surface area contributed by atoms with Crippen molar-refractivity contribution in [3.8, 4) is 11.1 Å². The molecule has 8 heteroatoms. The molecule has 5 rings (SSSR count). The number of H-pyrrole nitrogens is 1. The first-order valence-corrected chi connectivity index (χ1v) is 11.8. The van der Waals surface area contributed by atoms with Crippen LogP contribution >= 0.6 is 0 Å². The molecule has 0 radical (unpaired) electrons. The average Bonchev–Trinajstić information content (AvgIpc) is 3.35. The average molecular weight is 451 g/mol. The summed E-state index contributed by atoms with van der Waals surface area (Å²) in [7, 11) is 0. The standard InChI is InChI=1S/C25H31FN6O/c1-5-33-18-8-6-17(7-9-18)30-25-28-13-20-19(12-27-24(20)31-25)16-10-21(26)23-22(11-16)32(14(2)3)15(4)29-23/h10-14,17-18H,5-9H2,1-4H3,(H2,27,28,30,31). The molecule has 1 aliphatic carbocycles. The molecule has 3 aromatic heterocycles. The lowest BCUT2D eigenvalue weighted by Crippen LogP contribution is -2.30. The molecule has 0 saturated heterocycles. The van der Waals surface area contributed by atoms with Gasteiger partial charge in [-0.15, -0.1) is 0 Å². The summed E-state index contributed by atoms with van der Waals surface area (Å²) in [6.07, 6.45) is 8.27. The van der Waals surface area contributed by atoms with Crippen molar-refractivity contribution >= 4 is 28.0 Å². The highest BCUT2D eigenvalue weighted by Gasteiger charge is 2.22. The maximum atomic E-state index is 15.0. The first kappa shape index (κ1) is 21.8. The van der Waals surface area contributed by atoms with Crippen LogP contribution in [0.1, 0.15) is 58.3 Å². The van der Waals surface area contributed by atoms with Gasteiger partial charge in [0.2, 0.25) is 5.95 Å². The Morgan fingerprint density at radius 3 is 2.73 bits per heavy atom. The third-order valence-electron chi connectivity index (χ3n) is 6.59. The topological polar surface area (TPSA) is 80.6 Å². The second-order valence-corrected chi connectivity index (χ2v) is 9.18. The molecule has 0 atom stereocenters. The van der Waals surface area contributed by atoms with Crippen molar-refractivity contribution in [2.45, 2.75) is 71.6 Å². The van der Waals surface area contributed by atoms with Gasteiger partial charge in [0.05, 0.1) is 11.6 Å². The molecule has 174 valence electrons. The first-order valence-electron chi connectivity index (χ1n) is 11.8. The number of hydrogen-bond donors (Lipinski definition) is 2. The zero-order valence-electron chi connectivity index (χ0n) is 19.7. The van der Waals surface area contributed by atoms with Crippen LogP contribution in [-0.4, -0.2) is 43.3 Å². The third kappa shape index (κ3) is 4.08. The van der Waals surface area contributed by atoms with Gasteiger partial charge in [-0.3, -0.25) is 0 Å². The fourth-order valence-corrected chi connectivity index (χ4v) is 5.08. The Bertz CT molecular complexity index is 1290. The van der Waals surface area contributed by atoms with Crippen LogP contribution in [0.2, 0.25) is 0 Å². The molecule has 7 nitrogen and oxygen atoms in total. The summed E-state index contributed by atoms with van der Waals surface area (Å²) >= 11 is 0. The van der Waals surface area contributed by atoms with E-state index >= 15 is 0 Å². The van der Waals surface area contributed by atoms with Gasteiger partial charge in [0, 0.05) is 42.0 Å². The van der Waals surface area contributed by atoms with Crippen molar-refractivity contribution in [1.82, 2.24) is 24.5 Å².